The molecule has 0 bridgehead atoms. The Labute approximate surface area is 110 Å². The van der Waals surface area contributed by atoms with E-state index in [-0.39, 0.29) is 6.42 Å². The lowest BCUT2D eigenvalue weighted by atomic mass is 10.1. The van der Waals surface area contributed by atoms with Crippen LogP contribution in [0.1, 0.15) is 6.42 Å². The molecule has 1 atom stereocenters. The number of carboxylic acids is 1. The molecular formula is C14H13N2O3-. The second kappa shape index (κ2) is 5.49. The molecule has 1 unspecified atom stereocenters. The Hall–Kier alpha value is -2.40. The summed E-state index contributed by atoms with van der Waals surface area (Å²) in [4.78, 5) is 14.4. The third-order valence-electron chi connectivity index (χ3n) is 2.70. The van der Waals surface area contributed by atoms with Crippen molar-refractivity contribution >= 4 is 28.3 Å². The van der Waals surface area contributed by atoms with Crippen LogP contribution in [0.2, 0.25) is 0 Å². The molecule has 0 spiro atoms. The summed E-state index contributed by atoms with van der Waals surface area (Å²) in [7, 11) is 0. The van der Waals surface area contributed by atoms with Gasteiger partial charge in [0.1, 0.15) is 6.04 Å². The molecule has 3 N–H and O–H groups in total. The molecule has 19 heavy (non-hydrogen) atoms. The largest absolute Gasteiger partial charge is 0.862 e. The van der Waals surface area contributed by atoms with Crippen molar-refractivity contribution in [2.75, 3.05) is 0 Å². The number of carboxylic acid groups (broad SMARTS) is 1. The first-order chi connectivity index (χ1) is 9.06. The fraction of sp³-hybridized carbons (Fsp3) is 0.143. The molecule has 2 aromatic carbocycles. The van der Waals surface area contributed by atoms with Crippen molar-refractivity contribution < 1.29 is 15.0 Å². The van der Waals surface area contributed by atoms with Crippen LogP contribution in [-0.2, 0) is 4.79 Å². The maximum Gasteiger partial charge on any atom is 0.320 e. The Bertz CT molecular complexity index is 637. The maximum absolute atomic E-state index is 11.6. The van der Waals surface area contributed by atoms with E-state index in [1.165, 1.54) is 0 Å². The van der Waals surface area contributed by atoms with Crippen LogP contribution < -0.4 is 10.8 Å². The first kappa shape index (κ1) is 13.0. The third kappa shape index (κ3) is 3.29. The lowest BCUT2D eigenvalue weighted by Gasteiger charge is -2.13. The van der Waals surface area contributed by atoms with E-state index in [1.54, 1.807) is 12.1 Å². The summed E-state index contributed by atoms with van der Waals surface area (Å²) in [5, 5.41) is 22.2. The number of hydrogen-bond acceptors (Lipinski definition) is 4. The monoisotopic (exact) mass is 257 g/mol. The highest BCUT2D eigenvalue weighted by atomic mass is 16.4. The van der Waals surface area contributed by atoms with Crippen molar-refractivity contribution in [2.24, 2.45) is 10.7 Å². The number of carbonyl (C=O) groups is 1. The average molecular weight is 257 g/mol. The Morgan fingerprint density at radius 2 is 1.95 bits per heavy atom. The molecule has 0 aromatic heterocycles. The van der Waals surface area contributed by atoms with Crippen LogP contribution in [0.5, 0.6) is 0 Å². The highest BCUT2D eigenvalue weighted by molar-refractivity contribution is 5.87. The molecule has 0 fully saturated rings. The summed E-state index contributed by atoms with van der Waals surface area (Å²) in [6.07, 6.45) is -0.303. The zero-order valence-electron chi connectivity index (χ0n) is 10.1. The van der Waals surface area contributed by atoms with Crippen molar-refractivity contribution in [3.8, 4) is 0 Å². The first-order valence-electron chi connectivity index (χ1n) is 5.78. The second-order valence-corrected chi connectivity index (χ2v) is 4.19. The van der Waals surface area contributed by atoms with Gasteiger partial charge >= 0.3 is 5.97 Å². The molecular weight excluding hydrogens is 244 g/mol. The van der Waals surface area contributed by atoms with Crippen LogP contribution in [0.25, 0.3) is 10.8 Å². The van der Waals surface area contributed by atoms with Gasteiger partial charge in [-0.2, -0.15) is 0 Å². The standard InChI is InChI=1S/C14H14N2O3/c15-12(14(18)19)8-13(17)16-11-6-5-9-3-1-2-4-10(9)7-11/h1-7,12H,8,15H2,(H,16,17)(H,18,19)/p-1. The van der Waals surface area contributed by atoms with Crippen LogP contribution in [-0.4, -0.2) is 23.0 Å². The van der Waals surface area contributed by atoms with E-state index in [4.69, 9.17) is 10.8 Å². The summed E-state index contributed by atoms with van der Waals surface area (Å²) < 4.78 is 0. The van der Waals surface area contributed by atoms with Gasteiger partial charge in [-0.05, 0) is 28.8 Å². The number of nitrogens with two attached hydrogens (primary N) is 1. The molecule has 0 amide bonds. The number of fused-ring (bicyclic) bond motifs is 1. The molecule has 0 aliphatic rings. The Balaban J connectivity index is 2.22. The molecule has 5 nitrogen and oxygen atoms in total. The molecule has 5 heteroatoms. The molecule has 0 aliphatic carbocycles. The molecule has 0 heterocycles. The van der Waals surface area contributed by atoms with Crippen molar-refractivity contribution in [1.82, 2.24) is 0 Å². The minimum Gasteiger partial charge on any atom is -0.862 e. The van der Waals surface area contributed by atoms with Gasteiger partial charge < -0.3 is 15.9 Å². The number of aliphatic carboxylic acids is 1. The van der Waals surface area contributed by atoms with Crippen molar-refractivity contribution in [3.63, 3.8) is 0 Å². The SMILES string of the molecule is NC(CC([O-])=Nc1ccc2ccccc2c1)C(=O)O. The van der Waals surface area contributed by atoms with Crippen LogP contribution in [0.3, 0.4) is 0 Å². The van der Waals surface area contributed by atoms with Gasteiger partial charge in [0, 0.05) is 6.42 Å². The van der Waals surface area contributed by atoms with Crippen LogP contribution in [0, 0.1) is 0 Å². The number of nitrogens with zero attached hydrogens (tertiary/aromatic N) is 1. The molecule has 0 saturated heterocycles. The van der Waals surface area contributed by atoms with Gasteiger partial charge in [0.15, 0.2) is 0 Å². The zero-order valence-corrected chi connectivity index (χ0v) is 10.1. The normalized spacial score (nSPS) is 13.4. The maximum atomic E-state index is 11.6. The van der Waals surface area contributed by atoms with E-state index < -0.39 is 17.9 Å². The molecule has 0 saturated carbocycles. The molecule has 2 aromatic rings. The number of rotatable bonds is 4. The van der Waals surface area contributed by atoms with Gasteiger partial charge in [0.05, 0.1) is 5.69 Å². The Morgan fingerprint density at radius 3 is 2.63 bits per heavy atom. The Kier molecular flexibility index (Phi) is 3.77. The van der Waals surface area contributed by atoms with Gasteiger partial charge in [-0.15, -0.1) is 0 Å². The molecule has 2 rings (SSSR count). The van der Waals surface area contributed by atoms with E-state index in [2.05, 4.69) is 4.99 Å². The smallest absolute Gasteiger partial charge is 0.320 e. The van der Waals surface area contributed by atoms with Gasteiger partial charge in [0.2, 0.25) is 0 Å². The first-order valence-corrected chi connectivity index (χ1v) is 5.78. The fourth-order valence-electron chi connectivity index (χ4n) is 1.71. The van der Waals surface area contributed by atoms with E-state index in [0.717, 1.165) is 10.8 Å². The lowest BCUT2D eigenvalue weighted by molar-refractivity contribution is -0.219. The fourth-order valence-corrected chi connectivity index (χ4v) is 1.71. The van der Waals surface area contributed by atoms with Gasteiger partial charge in [-0.3, -0.25) is 9.79 Å². The molecule has 0 aliphatic heterocycles. The highest BCUT2D eigenvalue weighted by Crippen LogP contribution is 2.21. The van der Waals surface area contributed by atoms with E-state index in [1.807, 2.05) is 30.3 Å². The number of benzene rings is 2. The minimum absolute atomic E-state index is 0.303. The third-order valence-corrected chi connectivity index (χ3v) is 2.70. The Morgan fingerprint density at radius 1 is 1.26 bits per heavy atom. The van der Waals surface area contributed by atoms with E-state index in [9.17, 15) is 9.90 Å². The van der Waals surface area contributed by atoms with E-state index >= 15 is 0 Å². The van der Waals surface area contributed by atoms with Crippen LogP contribution in [0.15, 0.2) is 47.5 Å². The summed E-state index contributed by atoms with van der Waals surface area (Å²) in [6.45, 7) is 0. The van der Waals surface area contributed by atoms with Gasteiger partial charge in [-0.25, -0.2) is 0 Å². The highest BCUT2D eigenvalue weighted by Gasteiger charge is 2.10. The predicted molar refractivity (Wildman–Crippen MR) is 71.3 cm³/mol. The molecule has 98 valence electrons. The zero-order chi connectivity index (χ0) is 13.8. The summed E-state index contributed by atoms with van der Waals surface area (Å²) in [6, 6.07) is 11.8. The predicted octanol–water partition coefficient (Wildman–Crippen LogP) is 1.03. The lowest BCUT2D eigenvalue weighted by Crippen LogP contribution is -2.36. The minimum atomic E-state index is -1.21. The van der Waals surface area contributed by atoms with Crippen LogP contribution >= 0.6 is 0 Å². The summed E-state index contributed by atoms with van der Waals surface area (Å²) in [5.74, 6) is -1.74. The number of aliphatic imine (C=N–C) groups is 1. The second-order valence-electron chi connectivity index (χ2n) is 4.19. The summed E-state index contributed by atoms with van der Waals surface area (Å²) >= 11 is 0. The van der Waals surface area contributed by atoms with Crippen molar-refractivity contribution in [2.45, 2.75) is 12.5 Å². The van der Waals surface area contributed by atoms with Crippen LogP contribution in [0.4, 0.5) is 5.69 Å². The van der Waals surface area contributed by atoms with Crippen molar-refractivity contribution in [3.05, 3.63) is 42.5 Å². The quantitative estimate of drug-likeness (QED) is 0.631. The average Bonchev–Trinajstić information content (AvgIpc) is 2.38. The van der Waals surface area contributed by atoms with Gasteiger partial charge in [-0.1, -0.05) is 30.3 Å². The van der Waals surface area contributed by atoms with E-state index in [0.29, 0.717) is 5.69 Å². The summed E-state index contributed by atoms with van der Waals surface area (Å²) in [5.41, 5.74) is 5.78. The topological polar surface area (TPSA) is 98.7 Å². The molecule has 0 radical (unpaired) electrons. The van der Waals surface area contributed by atoms with Crippen molar-refractivity contribution in [1.29, 1.82) is 0 Å². The number of hydrogen-bond donors (Lipinski definition) is 2. The van der Waals surface area contributed by atoms with Gasteiger partial charge in [0.25, 0.3) is 0 Å².